The average molecular weight is 238 g/mol. The Hall–Kier alpha value is -0.550. The van der Waals surface area contributed by atoms with Gasteiger partial charge in [-0.3, -0.25) is 0 Å². The topological polar surface area (TPSA) is 28.2 Å². The zero-order valence-corrected chi connectivity index (χ0v) is 11.8. The molecule has 2 unspecified atom stereocenters. The monoisotopic (exact) mass is 238 g/mol. The van der Waals surface area contributed by atoms with E-state index in [4.69, 9.17) is 11.8 Å². The second-order valence-electron chi connectivity index (χ2n) is 5.32. The average Bonchev–Trinajstić information content (AvgIpc) is 2.38. The molecular formula is C15H30N2. The van der Waals surface area contributed by atoms with E-state index in [0.29, 0.717) is 0 Å². The number of nitrogens with one attached hydrogen (secondary N) is 1. The first kappa shape index (κ1) is 16.4. The Kier molecular flexibility index (Phi) is 11.5. The molecule has 0 aromatic carbocycles. The Bertz CT molecular complexity index is 177. The minimum absolute atomic E-state index is 0.939. The van der Waals surface area contributed by atoms with Crippen LogP contribution in [0.5, 0.6) is 0 Å². The van der Waals surface area contributed by atoms with Crippen LogP contribution in [0.4, 0.5) is 0 Å². The molecule has 1 aliphatic rings. The molecule has 2 heteroatoms. The maximum Gasteiger partial charge on any atom is 0.0846 e. The highest BCUT2D eigenvalue weighted by Crippen LogP contribution is 2.05. The third-order valence-electron chi connectivity index (χ3n) is 3.93. The van der Waals surface area contributed by atoms with Crippen molar-refractivity contribution in [2.75, 3.05) is 13.1 Å². The summed E-state index contributed by atoms with van der Waals surface area (Å²) in [5, 5.41) is 6.25. The molecule has 0 amide bonds. The number of hydrogen-bond donors (Lipinski definition) is 1. The lowest BCUT2D eigenvalue weighted by atomic mass is 10.0. The summed E-state index contributed by atoms with van der Waals surface area (Å²) in [6.07, 6.45) is 13.1. The van der Waals surface area contributed by atoms with Crippen LogP contribution in [0.1, 0.15) is 71.6 Å². The molecule has 1 rings (SSSR count). The van der Waals surface area contributed by atoms with Gasteiger partial charge in [0.2, 0.25) is 0 Å². The van der Waals surface area contributed by atoms with Gasteiger partial charge in [0, 0.05) is 0 Å². The molecule has 1 aliphatic heterocycles. The van der Waals surface area contributed by atoms with Crippen molar-refractivity contribution in [3.8, 4) is 0 Å². The molecule has 0 aromatic heterocycles. The van der Waals surface area contributed by atoms with E-state index >= 15 is 0 Å². The molecule has 0 aromatic rings. The van der Waals surface area contributed by atoms with Crippen molar-refractivity contribution in [2.24, 2.45) is 0 Å². The van der Waals surface area contributed by atoms with Gasteiger partial charge in [0.15, 0.2) is 0 Å². The summed E-state index contributed by atoms with van der Waals surface area (Å²) in [5.41, 5.74) is 0. The third kappa shape index (κ3) is 8.21. The smallest absolute Gasteiger partial charge is 0.0846 e. The van der Waals surface area contributed by atoms with Crippen molar-refractivity contribution in [3.05, 3.63) is 6.57 Å². The fourth-order valence-electron chi connectivity index (χ4n) is 2.76. The fourth-order valence-corrected chi connectivity index (χ4v) is 2.76. The lowest BCUT2D eigenvalue weighted by Gasteiger charge is -2.30. The van der Waals surface area contributed by atoms with E-state index < -0.39 is 0 Å². The van der Waals surface area contributed by atoms with Crippen LogP contribution in [-0.4, -0.2) is 19.1 Å². The second kappa shape index (κ2) is 11.9. The molecule has 0 bridgehead atoms. The van der Waals surface area contributed by atoms with Gasteiger partial charge in [0.25, 0.3) is 0 Å². The van der Waals surface area contributed by atoms with Gasteiger partial charge in [-0.05, 0) is 39.0 Å². The van der Waals surface area contributed by atoms with Gasteiger partial charge >= 0.3 is 0 Å². The molecule has 1 saturated heterocycles. The Morgan fingerprint density at radius 3 is 2.35 bits per heavy atom. The van der Waals surface area contributed by atoms with Crippen molar-refractivity contribution < 1.29 is 4.90 Å². The number of likely N-dealkylation sites (tertiary alicyclic amines) is 1. The fraction of sp³-hybridized carbons (Fsp3) is 0.933. The van der Waals surface area contributed by atoms with Crippen LogP contribution in [0.15, 0.2) is 0 Å². The molecular weight excluding hydrogens is 208 g/mol. The lowest BCUT2D eigenvalue weighted by molar-refractivity contribution is -0.928. The molecule has 2 nitrogen and oxygen atoms in total. The lowest BCUT2D eigenvalue weighted by Crippen LogP contribution is -3.16. The van der Waals surface area contributed by atoms with Crippen molar-refractivity contribution in [1.29, 1.82) is 5.26 Å². The van der Waals surface area contributed by atoms with E-state index in [0.717, 1.165) is 6.04 Å². The van der Waals surface area contributed by atoms with Gasteiger partial charge in [-0.15, -0.1) is 0 Å². The Balaban J connectivity index is 0.00000121. The summed E-state index contributed by atoms with van der Waals surface area (Å²) in [6.45, 7) is 12.4. The zero-order valence-electron chi connectivity index (χ0n) is 11.8. The predicted molar refractivity (Wildman–Crippen MR) is 72.4 cm³/mol. The molecule has 0 saturated carbocycles. The van der Waals surface area contributed by atoms with E-state index in [-0.39, 0.29) is 0 Å². The van der Waals surface area contributed by atoms with Gasteiger partial charge in [0.05, 0.1) is 19.1 Å². The SMILES string of the molecule is CCCCCCCC[NH+]1CCCCC1C.[C-]#N. The van der Waals surface area contributed by atoms with Crippen LogP contribution in [0, 0.1) is 11.8 Å². The molecule has 1 heterocycles. The Morgan fingerprint density at radius 1 is 1.06 bits per heavy atom. The number of nitrogens with zero attached hydrogens (tertiary/aromatic N) is 1. The van der Waals surface area contributed by atoms with Crippen LogP contribution in [0.2, 0.25) is 0 Å². The molecule has 1 N–H and O–H groups in total. The van der Waals surface area contributed by atoms with Crippen molar-refractivity contribution in [2.45, 2.75) is 77.7 Å². The van der Waals surface area contributed by atoms with Gasteiger partial charge in [-0.2, -0.15) is 0 Å². The Labute approximate surface area is 108 Å². The van der Waals surface area contributed by atoms with Crippen LogP contribution >= 0.6 is 0 Å². The molecule has 100 valence electrons. The first-order valence-corrected chi connectivity index (χ1v) is 7.41. The van der Waals surface area contributed by atoms with Gasteiger partial charge < -0.3 is 16.7 Å². The summed E-state index contributed by atoms with van der Waals surface area (Å²) >= 11 is 0. The number of hydrogen-bond acceptors (Lipinski definition) is 1. The quantitative estimate of drug-likeness (QED) is 0.536. The molecule has 0 radical (unpaired) electrons. The first-order valence-electron chi connectivity index (χ1n) is 7.41. The van der Waals surface area contributed by atoms with E-state index in [9.17, 15) is 0 Å². The molecule has 17 heavy (non-hydrogen) atoms. The predicted octanol–water partition coefficient (Wildman–Crippen LogP) is 2.90. The maximum absolute atomic E-state index is 6.25. The van der Waals surface area contributed by atoms with Crippen LogP contribution in [0.3, 0.4) is 0 Å². The van der Waals surface area contributed by atoms with Crippen molar-refractivity contribution >= 4 is 0 Å². The summed E-state index contributed by atoms with van der Waals surface area (Å²) in [6, 6.07) is 0.939. The highest BCUT2D eigenvalue weighted by Gasteiger charge is 2.20. The molecule has 0 aliphatic carbocycles. The minimum Gasteiger partial charge on any atom is -0.512 e. The normalized spacial score (nSPS) is 23.8. The number of unbranched alkanes of at least 4 members (excludes halogenated alkanes) is 5. The standard InChI is InChI=1S/C14H29N.CN/c1-3-4-5-6-7-9-12-15-13-10-8-11-14(15)2;1-2/h14H,3-13H2,1-2H3;/q;-1/p+1. The minimum atomic E-state index is 0.939. The summed E-state index contributed by atoms with van der Waals surface area (Å²) in [4.78, 5) is 1.89. The van der Waals surface area contributed by atoms with E-state index in [1.165, 1.54) is 70.9 Å². The Morgan fingerprint density at radius 2 is 1.71 bits per heavy atom. The first-order chi connectivity index (χ1) is 8.34. The van der Waals surface area contributed by atoms with Crippen molar-refractivity contribution in [3.63, 3.8) is 0 Å². The molecule has 0 spiro atoms. The molecule has 1 fully saturated rings. The van der Waals surface area contributed by atoms with E-state index in [2.05, 4.69) is 13.8 Å². The largest absolute Gasteiger partial charge is 0.512 e. The third-order valence-corrected chi connectivity index (χ3v) is 3.93. The van der Waals surface area contributed by atoms with E-state index in [1.54, 1.807) is 0 Å². The molecule has 2 atom stereocenters. The van der Waals surface area contributed by atoms with Gasteiger partial charge in [-0.25, -0.2) is 0 Å². The highest BCUT2D eigenvalue weighted by molar-refractivity contribution is 4.55. The number of rotatable bonds is 7. The number of quaternary nitrogens is 1. The van der Waals surface area contributed by atoms with Gasteiger partial charge in [-0.1, -0.05) is 32.6 Å². The van der Waals surface area contributed by atoms with E-state index in [1.807, 2.05) is 4.90 Å². The summed E-state index contributed by atoms with van der Waals surface area (Å²) in [5.74, 6) is 0. The van der Waals surface area contributed by atoms with Crippen LogP contribution in [-0.2, 0) is 0 Å². The summed E-state index contributed by atoms with van der Waals surface area (Å²) < 4.78 is 0. The van der Waals surface area contributed by atoms with Crippen LogP contribution in [0.25, 0.3) is 0 Å². The highest BCUT2D eigenvalue weighted by atomic mass is 15.1. The maximum atomic E-state index is 6.25. The second-order valence-corrected chi connectivity index (χ2v) is 5.32. The zero-order chi connectivity index (χ0) is 12.9. The number of piperidine rings is 1. The van der Waals surface area contributed by atoms with Gasteiger partial charge in [0.1, 0.15) is 0 Å². The van der Waals surface area contributed by atoms with Crippen LogP contribution < -0.4 is 4.90 Å². The summed E-state index contributed by atoms with van der Waals surface area (Å²) in [7, 11) is 0. The van der Waals surface area contributed by atoms with Crippen molar-refractivity contribution in [1.82, 2.24) is 0 Å².